The molecule has 0 aliphatic carbocycles. The van der Waals surface area contributed by atoms with Crippen LogP contribution < -0.4 is 21.5 Å². The smallest absolute Gasteiger partial charge is 0.475 e. The molecule has 2 amide bonds. The highest BCUT2D eigenvalue weighted by Crippen LogP contribution is 2.26. The molecule has 4 aromatic rings. The number of carboxylic acid groups (broad SMARTS) is 1. The number of ether oxygens (including phenoxy) is 1. The number of halogens is 4. The summed E-state index contributed by atoms with van der Waals surface area (Å²) < 4.78 is 36.8. The highest BCUT2D eigenvalue weighted by molar-refractivity contribution is 6.34. The van der Waals surface area contributed by atoms with Gasteiger partial charge >= 0.3 is 18.2 Å². The predicted octanol–water partition coefficient (Wildman–Crippen LogP) is 4.25. The third kappa shape index (κ3) is 7.84. The van der Waals surface area contributed by atoms with E-state index in [1.165, 1.54) is 31.4 Å². The zero-order chi connectivity index (χ0) is 32.1. The van der Waals surface area contributed by atoms with Crippen LogP contribution in [0.3, 0.4) is 0 Å². The van der Waals surface area contributed by atoms with Gasteiger partial charge in [0.25, 0.3) is 17.4 Å². The fourth-order valence-corrected chi connectivity index (χ4v) is 3.79. The zero-order valence-electron chi connectivity index (χ0n) is 22.7. The Kier molecular flexibility index (Phi) is 10.1. The number of nitrogens with one attached hydrogen (secondary N) is 2. The van der Waals surface area contributed by atoms with Gasteiger partial charge in [0.15, 0.2) is 0 Å². The number of hydrogen-bond donors (Lipinski definition) is 4. The van der Waals surface area contributed by atoms with Gasteiger partial charge in [-0.2, -0.15) is 23.1 Å². The summed E-state index contributed by atoms with van der Waals surface area (Å²) in [5.74, 6) is 2.16. The molecule has 2 heterocycles. The number of nitrogens with two attached hydrogens (primary N) is 1. The number of pyridine rings is 1. The van der Waals surface area contributed by atoms with Gasteiger partial charge in [0.05, 0.1) is 29.6 Å². The number of rotatable bonds is 6. The first kappa shape index (κ1) is 32.5. The van der Waals surface area contributed by atoms with Gasteiger partial charge in [-0.25, -0.2) is 10.6 Å². The highest BCUT2D eigenvalue weighted by Gasteiger charge is 2.38. The fraction of sp³-hybridized carbons (Fsp3) is 0.185. The Labute approximate surface area is 246 Å². The maximum Gasteiger partial charge on any atom is 0.490 e. The molecule has 12 nitrogen and oxygen atoms in total. The molecule has 5 N–H and O–H groups in total. The molecule has 43 heavy (non-hydrogen) atoms. The number of benzene rings is 2. The predicted molar refractivity (Wildman–Crippen MR) is 150 cm³/mol. The summed E-state index contributed by atoms with van der Waals surface area (Å²) in [6, 6.07) is 14.8. The van der Waals surface area contributed by atoms with E-state index in [1.807, 2.05) is 30.3 Å². The molecule has 0 saturated heterocycles. The summed E-state index contributed by atoms with van der Waals surface area (Å²) in [5, 5.41) is 11.5. The number of aromatic nitrogens is 3. The minimum Gasteiger partial charge on any atom is -0.475 e. The molecule has 0 radical (unpaired) electrons. The van der Waals surface area contributed by atoms with Gasteiger partial charge in [0.2, 0.25) is 0 Å². The maximum absolute atomic E-state index is 13.0. The number of fused-ring (bicyclic) bond motifs is 1. The number of amides is 2. The average Bonchev–Trinajstić information content (AvgIpc) is 2.96. The van der Waals surface area contributed by atoms with Gasteiger partial charge in [-0.1, -0.05) is 41.9 Å². The number of alkyl halides is 3. The van der Waals surface area contributed by atoms with Crippen LogP contribution in [-0.2, 0) is 4.79 Å². The van der Waals surface area contributed by atoms with Crippen molar-refractivity contribution in [1.29, 1.82) is 0 Å². The van der Waals surface area contributed by atoms with Crippen molar-refractivity contribution >= 4 is 46.1 Å². The molecule has 0 saturated carbocycles. The molecule has 1 unspecified atom stereocenters. The van der Waals surface area contributed by atoms with Crippen LogP contribution in [0.5, 0.6) is 6.01 Å². The first-order chi connectivity index (χ1) is 20.1. The SMILES string of the molecule is COc1nc(C)c2cc(C(=O)Nc3cc(C(=O)N(N)C(C)c4ccccc4)ccc3Cl)c(=O)[nH]c2n1.O=C(O)C(F)(F)F. The molecular weight excluding hydrogens is 597 g/mol. The minimum absolute atomic E-state index is 0.0941. The number of carboxylic acids is 1. The topological polar surface area (TPSA) is 181 Å². The Bertz CT molecular complexity index is 1730. The number of carbonyl (C=O) groups excluding carboxylic acids is 2. The summed E-state index contributed by atoms with van der Waals surface area (Å²) in [5.41, 5.74) is 1.14. The lowest BCUT2D eigenvalue weighted by Crippen LogP contribution is -2.39. The number of methoxy groups -OCH3 is 1. The summed E-state index contributed by atoms with van der Waals surface area (Å²) in [6.07, 6.45) is -5.08. The molecule has 16 heteroatoms. The van der Waals surface area contributed by atoms with Gasteiger partial charge in [0.1, 0.15) is 11.2 Å². The van der Waals surface area contributed by atoms with Gasteiger partial charge < -0.3 is 20.1 Å². The van der Waals surface area contributed by atoms with Crippen molar-refractivity contribution < 1.29 is 37.4 Å². The van der Waals surface area contributed by atoms with E-state index in [0.29, 0.717) is 11.1 Å². The normalized spacial score (nSPS) is 11.6. The lowest BCUT2D eigenvalue weighted by molar-refractivity contribution is -0.192. The standard InChI is InChI=1S/C25H23ClN6O4.C2HF3O2/c1-13-17-12-18(23(34)30-21(17)31-25(28-13)36-3)22(33)29-20-11-16(9-10-19(20)26)24(35)32(27)14(2)15-7-5-4-6-8-15;3-2(4,5)1(6)7/h4-12,14H,27H2,1-3H3,(H,29,33)(H,28,30,31,34);(H,6,7). The number of hydrogen-bond acceptors (Lipinski definition) is 8. The molecule has 0 spiro atoms. The van der Waals surface area contributed by atoms with E-state index in [1.54, 1.807) is 13.8 Å². The van der Waals surface area contributed by atoms with Gasteiger partial charge in [-0.15, -0.1) is 0 Å². The van der Waals surface area contributed by atoms with Crippen LogP contribution in [0.15, 0.2) is 59.4 Å². The molecule has 226 valence electrons. The second kappa shape index (κ2) is 13.3. The van der Waals surface area contributed by atoms with Crippen molar-refractivity contribution in [3.05, 3.63) is 92.4 Å². The van der Waals surface area contributed by atoms with Gasteiger partial charge in [-0.05, 0) is 43.7 Å². The van der Waals surface area contributed by atoms with Gasteiger partial charge in [0, 0.05) is 10.9 Å². The number of H-pyrrole nitrogens is 1. The van der Waals surface area contributed by atoms with Crippen molar-refractivity contribution in [2.24, 2.45) is 5.84 Å². The number of hydrazine groups is 1. The van der Waals surface area contributed by atoms with E-state index >= 15 is 0 Å². The highest BCUT2D eigenvalue weighted by atomic mass is 35.5. The van der Waals surface area contributed by atoms with Crippen LogP contribution in [0.4, 0.5) is 18.9 Å². The molecule has 0 aliphatic rings. The third-order valence-corrected chi connectivity index (χ3v) is 6.28. The molecule has 1 atom stereocenters. The second-order valence-corrected chi connectivity index (χ2v) is 9.23. The van der Waals surface area contributed by atoms with Crippen LogP contribution in [-0.4, -0.2) is 56.1 Å². The van der Waals surface area contributed by atoms with Crippen molar-refractivity contribution in [3.63, 3.8) is 0 Å². The van der Waals surface area contributed by atoms with E-state index in [-0.39, 0.29) is 33.5 Å². The van der Waals surface area contributed by atoms with E-state index < -0.39 is 35.6 Å². The maximum atomic E-state index is 13.0. The third-order valence-electron chi connectivity index (χ3n) is 5.95. The van der Waals surface area contributed by atoms with E-state index in [4.69, 9.17) is 32.1 Å². The molecule has 2 aromatic heterocycles. The average molecular weight is 621 g/mol. The largest absolute Gasteiger partial charge is 0.490 e. The minimum atomic E-state index is -5.08. The first-order valence-corrected chi connectivity index (χ1v) is 12.5. The number of aryl methyl sites for hydroxylation is 1. The number of anilines is 1. The van der Waals surface area contributed by atoms with Crippen molar-refractivity contribution in [2.75, 3.05) is 12.4 Å². The van der Waals surface area contributed by atoms with Crippen molar-refractivity contribution in [3.8, 4) is 6.01 Å². The van der Waals surface area contributed by atoms with Gasteiger partial charge in [-0.3, -0.25) is 19.4 Å². The Morgan fingerprint density at radius 3 is 2.33 bits per heavy atom. The molecule has 0 fully saturated rings. The van der Waals surface area contributed by atoms with Crippen LogP contribution in [0.1, 0.15) is 44.9 Å². The second-order valence-electron chi connectivity index (χ2n) is 8.82. The van der Waals surface area contributed by atoms with Crippen LogP contribution in [0.2, 0.25) is 5.02 Å². The Morgan fingerprint density at radius 2 is 1.74 bits per heavy atom. The molecule has 0 aliphatic heterocycles. The monoisotopic (exact) mass is 620 g/mol. The van der Waals surface area contributed by atoms with Crippen molar-refractivity contribution in [1.82, 2.24) is 20.0 Å². The summed E-state index contributed by atoms with van der Waals surface area (Å²) >= 11 is 6.27. The summed E-state index contributed by atoms with van der Waals surface area (Å²) in [7, 11) is 1.41. The van der Waals surface area contributed by atoms with E-state index in [9.17, 15) is 27.6 Å². The lowest BCUT2D eigenvalue weighted by atomic mass is 10.1. The first-order valence-electron chi connectivity index (χ1n) is 12.1. The van der Waals surface area contributed by atoms with Crippen LogP contribution in [0, 0.1) is 6.92 Å². The fourth-order valence-electron chi connectivity index (χ4n) is 3.63. The van der Waals surface area contributed by atoms with Crippen molar-refractivity contribution in [2.45, 2.75) is 26.1 Å². The number of aromatic amines is 1. The summed E-state index contributed by atoms with van der Waals surface area (Å²) in [4.78, 5) is 58.4. The quantitative estimate of drug-likeness (QED) is 0.139. The molecular formula is C27H24ClF3N6O6. The summed E-state index contributed by atoms with van der Waals surface area (Å²) in [6.45, 7) is 3.51. The molecule has 0 bridgehead atoms. The Hall–Kier alpha value is -5.02. The lowest BCUT2D eigenvalue weighted by Gasteiger charge is -2.25. The number of carbonyl (C=O) groups is 3. The number of aliphatic carboxylic acids is 1. The Balaban J connectivity index is 0.000000646. The molecule has 4 rings (SSSR count). The Morgan fingerprint density at radius 1 is 1.12 bits per heavy atom. The van der Waals surface area contributed by atoms with Crippen LogP contribution in [0.25, 0.3) is 11.0 Å². The zero-order valence-corrected chi connectivity index (χ0v) is 23.4. The number of nitrogens with zero attached hydrogens (tertiary/aromatic N) is 3. The van der Waals surface area contributed by atoms with Crippen LogP contribution >= 0.6 is 11.6 Å². The van der Waals surface area contributed by atoms with E-state index in [0.717, 1.165) is 10.6 Å². The van der Waals surface area contributed by atoms with E-state index in [2.05, 4.69) is 20.3 Å². The molecule has 2 aromatic carbocycles.